The average Bonchev–Trinajstić information content (AvgIpc) is 3.47. The molecule has 4 rings (SSSR count). The lowest BCUT2D eigenvalue weighted by atomic mass is 9.94. The predicted molar refractivity (Wildman–Crippen MR) is 115 cm³/mol. The third kappa shape index (κ3) is 6.02. The second-order valence-electron chi connectivity index (χ2n) is 9.17. The van der Waals surface area contributed by atoms with Crippen LogP contribution in [0.2, 0.25) is 0 Å². The van der Waals surface area contributed by atoms with E-state index >= 15 is 0 Å². The molecule has 0 unspecified atom stereocenters. The SMILES string of the molecule is O=C(CCc1ccccn1)N(CC1CCN(C2CCCC2)CC1)C[C@H]1CCCO1. The van der Waals surface area contributed by atoms with Crippen LogP contribution in [0.1, 0.15) is 63.5 Å². The molecule has 0 spiro atoms. The van der Waals surface area contributed by atoms with Crippen molar-refractivity contribution in [1.29, 1.82) is 0 Å². The van der Waals surface area contributed by atoms with Gasteiger partial charge in [0.2, 0.25) is 5.91 Å². The van der Waals surface area contributed by atoms with Gasteiger partial charge < -0.3 is 14.5 Å². The molecule has 5 heteroatoms. The van der Waals surface area contributed by atoms with Gasteiger partial charge in [0, 0.05) is 44.0 Å². The zero-order valence-electron chi connectivity index (χ0n) is 17.8. The first-order chi connectivity index (χ1) is 14.3. The molecule has 3 fully saturated rings. The molecular weight excluding hydrogens is 362 g/mol. The minimum atomic E-state index is 0.229. The Morgan fingerprint density at radius 3 is 2.59 bits per heavy atom. The van der Waals surface area contributed by atoms with Crippen molar-refractivity contribution in [2.45, 2.75) is 76.4 Å². The van der Waals surface area contributed by atoms with Gasteiger partial charge in [0.1, 0.15) is 0 Å². The number of pyridine rings is 1. The molecule has 0 bridgehead atoms. The monoisotopic (exact) mass is 399 g/mol. The zero-order valence-corrected chi connectivity index (χ0v) is 17.8. The second-order valence-corrected chi connectivity index (χ2v) is 9.17. The summed E-state index contributed by atoms with van der Waals surface area (Å²) in [6, 6.07) is 6.76. The highest BCUT2D eigenvalue weighted by atomic mass is 16.5. The van der Waals surface area contributed by atoms with Gasteiger partial charge in [-0.2, -0.15) is 0 Å². The molecule has 2 saturated heterocycles. The van der Waals surface area contributed by atoms with Gasteiger partial charge in [0.15, 0.2) is 0 Å². The maximum atomic E-state index is 13.1. The number of hydrogen-bond donors (Lipinski definition) is 0. The van der Waals surface area contributed by atoms with Gasteiger partial charge in [-0.05, 0) is 76.1 Å². The molecule has 3 heterocycles. The summed E-state index contributed by atoms with van der Waals surface area (Å²) in [5.74, 6) is 0.900. The molecule has 0 aromatic carbocycles. The molecule has 5 nitrogen and oxygen atoms in total. The highest BCUT2D eigenvalue weighted by Gasteiger charge is 2.30. The Morgan fingerprint density at radius 1 is 1.07 bits per heavy atom. The first-order valence-corrected chi connectivity index (χ1v) is 11.8. The third-order valence-electron chi connectivity index (χ3n) is 7.09. The number of aryl methyl sites for hydroxylation is 1. The Kier molecular flexibility index (Phi) is 7.55. The Hall–Kier alpha value is -1.46. The molecule has 1 atom stereocenters. The average molecular weight is 400 g/mol. The van der Waals surface area contributed by atoms with Crippen molar-refractivity contribution in [3.05, 3.63) is 30.1 Å². The normalized spacial score (nSPS) is 24.2. The van der Waals surface area contributed by atoms with E-state index in [0.717, 1.165) is 50.7 Å². The van der Waals surface area contributed by atoms with Crippen molar-refractivity contribution in [2.24, 2.45) is 5.92 Å². The first-order valence-electron chi connectivity index (χ1n) is 11.8. The van der Waals surface area contributed by atoms with Gasteiger partial charge in [-0.25, -0.2) is 0 Å². The molecule has 1 aromatic heterocycles. The summed E-state index contributed by atoms with van der Waals surface area (Å²) in [7, 11) is 0. The molecule has 0 N–H and O–H groups in total. The minimum Gasteiger partial charge on any atom is -0.376 e. The van der Waals surface area contributed by atoms with E-state index in [4.69, 9.17) is 4.74 Å². The fourth-order valence-electron chi connectivity index (χ4n) is 5.33. The fourth-order valence-corrected chi connectivity index (χ4v) is 5.33. The van der Waals surface area contributed by atoms with Crippen LogP contribution in [0.3, 0.4) is 0 Å². The summed E-state index contributed by atoms with van der Waals surface area (Å²) in [5, 5.41) is 0. The van der Waals surface area contributed by atoms with Gasteiger partial charge in [-0.3, -0.25) is 9.78 Å². The van der Waals surface area contributed by atoms with Crippen molar-refractivity contribution in [1.82, 2.24) is 14.8 Å². The van der Waals surface area contributed by atoms with Gasteiger partial charge in [-0.1, -0.05) is 18.9 Å². The van der Waals surface area contributed by atoms with Crippen molar-refractivity contribution in [3.63, 3.8) is 0 Å². The minimum absolute atomic E-state index is 0.229. The van der Waals surface area contributed by atoms with Gasteiger partial charge >= 0.3 is 0 Å². The van der Waals surface area contributed by atoms with Crippen LogP contribution in [-0.4, -0.2) is 65.6 Å². The van der Waals surface area contributed by atoms with Crippen molar-refractivity contribution in [2.75, 3.05) is 32.8 Å². The van der Waals surface area contributed by atoms with Crippen LogP contribution in [0.15, 0.2) is 24.4 Å². The predicted octanol–water partition coefficient (Wildman–Crippen LogP) is 3.68. The van der Waals surface area contributed by atoms with E-state index in [1.54, 1.807) is 0 Å². The third-order valence-corrected chi connectivity index (χ3v) is 7.09. The highest BCUT2D eigenvalue weighted by Crippen LogP contribution is 2.28. The van der Waals surface area contributed by atoms with Crippen LogP contribution in [0.25, 0.3) is 0 Å². The Labute approximate surface area is 175 Å². The largest absolute Gasteiger partial charge is 0.376 e. The maximum Gasteiger partial charge on any atom is 0.223 e. The zero-order chi connectivity index (χ0) is 19.9. The quantitative estimate of drug-likeness (QED) is 0.669. The number of piperidine rings is 1. The Bertz CT molecular complexity index is 618. The summed E-state index contributed by atoms with van der Waals surface area (Å²) in [6.07, 6.45) is 13.6. The molecule has 1 aliphatic carbocycles. The smallest absolute Gasteiger partial charge is 0.223 e. The van der Waals surface area contributed by atoms with Crippen LogP contribution < -0.4 is 0 Å². The van der Waals surface area contributed by atoms with E-state index in [9.17, 15) is 4.79 Å². The number of hydrogen-bond acceptors (Lipinski definition) is 4. The lowest BCUT2D eigenvalue weighted by Crippen LogP contribution is -2.45. The van der Waals surface area contributed by atoms with Gasteiger partial charge in [-0.15, -0.1) is 0 Å². The van der Waals surface area contributed by atoms with E-state index in [0.29, 0.717) is 12.3 Å². The Morgan fingerprint density at radius 2 is 1.90 bits per heavy atom. The summed E-state index contributed by atoms with van der Waals surface area (Å²) in [5.41, 5.74) is 1.00. The number of ether oxygens (including phenoxy) is 1. The summed E-state index contributed by atoms with van der Waals surface area (Å²) >= 11 is 0. The standard InChI is InChI=1S/C24H37N3O2/c28-24(11-10-21-6-3-4-14-25-21)27(19-23-9-5-17-29-23)18-20-12-15-26(16-13-20)22-7-1-2-8-22/h3-4,6,14,20,22-23H,1-2,5,7-13,15-19H2/t23-/m1/s1. The van der Waals surface area contributed by atoms with Crippen LogP contribution in [-0.2, 0) is 16.0 Å². The number of carbonyl (C=O) groups excluding carboxylic acids is 1. The molecule has 3 aliphatic rings. The van der Waals surface area contributed by atoms with E-state index in [1.807, 2.05) is 24.4 Å². The van der Waals surface area contributed by atoms with Crippen molar-refractivity contribution < 1.29 is 9.53 Å². The molecule has 1 aromatic rings. The van der Waals surface area contributed by atoms with Crippen LogP contribution in [0.5, 0.6) is 0 Å². The molecule has 1 saturated carbocycles. The van der Waals surface area contributed by atoms with Gasteiger partial charge in [0.05, 0.1) is 6.10 Å². The number of nitrogens with zero attached hydrogens (tertiary/aromatic N) is 3. The molecular formula is C24H37N3O2. The maximum absolute atomic E-state index is 13.1. The van der Waals surface area contributed by atoms with E-state index in [1.165, 1.54) is 51.6 Å². The van der Waals surface area contributed by atoms with Crippen LogP contribution in [0.4, 0.5) is 0 Å². The van der Waals surface area contributed by atoms with Crippen molar-refractivity contribution >= 4 is 5.91 Å². The number of carbonyl (C=O) groups is 1. The first kappa shape index (κ1) is 20.8. The molecule has 0 radical (unpaired) electrons. The van der Waals surface area contributed by atoms with E-state index in [-0.39, 0.29) is 12.0 Å². The number of aromatic nitrogens is 1. The number of likely N-dealkylation sites (tertiary alicyclic amines) is 1. The van der Waals surface area contributed by atoms with E-state index < -0.39 is 0 Å². The summed E-state index contributed by atoms with van der Waals surface area (Å²) < 4.78 is 5.86. The van der Waals surface area contributed by atoms with Crippen LogP contribution in [0, 0.1) is 5.92 Å². The van der Waals surface area contributed by atoms with E-state index in [2.05, 4.69) is 14.8 Å². The second kappa shape index (κ2) is 10.5. The highest BCUT2D eigenvalue weighted by molar-refractivity contribution is 5.76. The lowest BCUT2D eigenvalue weighted by Gasteiger charge is -2.38. The molecule has 1 amide bonds. The summed E-state index contributed by atoms with van der Waals surface area (Å²) in [4.78, 5) is 22.3. The molecule has 2 aliphatic heterocycles. The summed E-state index contributed by atoms with van der Waals surface area (Å²) in [6.45, 7) is 4.94. The van der Waals surface area contributed by atoms with Gasteiger partial charge in [0.25, 0.3) is 0 Å². The molecule has 29 heavy (non-hydrogen) atoms. The number of rotatable bonds is 8. The topological polar surface area (TPSA) is 45.7 Å². The van der Waals surface area contributed by atoms with Crippen LogP contribution >= 0.6 is 0 Å². The Balaban J connectivity index is 1.29. The molecule has 160 valence electrons. The fraction of sp³-hybridized carbons (Fsp3) is 0.750. The van der Waals surface area contributed by atoms with Crippen molar-refractivity contribution in [3.8, 4) is 0 Å². The lowest BCUT2D eigenvalue weighted by molar-refractivity contribution is -0.133. The number of amides is 1.